The Morgan fingerprint density at radius 1 is 1.03 bits per heavy atom. The molecular formula is C25H31N5O4S. The molecule has 0 radical (unpaired) electrons. The summed E-state index contributed by atoms with van der Waals surface area (Å²) >= 11 is 1.63. The fraction of sp³-hybridized carbons (Fsp3) is 0.480. The van der Waals surface area contributed by atoms with E-state index in [9.17, 15) is 4.79 Å². The van der Waals surface area contributed by atoms with Gasteiger partial charge in [-0.05, 0) is 24.6 Å². The largest absolute Gasteiger partial charge is 0.493 e. The van der Waals surface area contributed by atoms with E-state index >= 15 is 0 Å². The number of amides is 1. The average Bonchev–Trinajstić information content (AvgIpc) is 3.32. The lowest BCUT2D eigenvalue weighted by molar-refractivity contribution is -0.136. The number of aromatic nitrogens is 2. The monoisotopic (exact) mass is 497 g/mol. The van der Waals surface area contributed by atoms with Crippen molar-refractivity contribution in [1.29, 1.82) is 0 Å². The molecule has 2 fully saturated rings. The molecule has 1 amide bonds. The highest BCUT2D eigenvalue weighted by atomic mass is 32.1. The second kappa shape index (κ2) is 10.3. The van der Waals surface area contributed by atoms with Gasteiger partial charge in [-0.25, -0.2) is 9.97 Å². The predicted molar refractivity (Wildman–Crippen MR) is 137 cm³/mol. The second-order valence-corrected chi connectivity index (χ2v) is 9.61. The third kappa shape index (κ3) is 4.91. The summed E-state index contributed by atoms with van der Waals surface area (Å²) in [6.45, 7) is 8.29. The van der Waals surface area contributed by atoms with Gasteiger partial charge in [0.25, 0.3) is 0 Å². The first-order chi connectivity index (χ1) is 17.1. The van der Waals surface area contributed by atoms with Gasteiger partial charge in [0.15, 0.2) is 11.5 Å². The highest BCUT2D eigenvalue weighted by Gasteiger charge is 2.26. The van der Waals surface area contributed by atoms with Crippen molar-refractivity contribution in [3.63, 3.8) is 0 Å². The minimum absolute atomic E-state index is 0.190. The van der Waals surface area contributed by atoms with Crippen molar-refractivity contribution in [1.82, 2.24) is 19.8 Å². The van der Waals surface area contributed by atoms with Crippen LogP contribution in [0.25, 0.3) is 21.3 Å². The van der Waals surface area contributed by atoms with Crippen LogP contribution in [-0.4, -0.2) is 98.9 Å². The van der Waals surface area contributed by atoms with Crippen LogP contribution in [0.1, 0.15) is 5.82 Å². The van der Waals surface area contributed by atoms with E-state index in [0.717, 1.165) is 59.2 Å². The topological polar surface area (TPSA) is 80.3 Å². The van der Waals surface area contributed by atoms with E-state index in [1.807, 2.05) is 30.0 Å². The quantitative estimate of drug-likeness (QED) is 0.514. The van der Waals surface area contributed by atoms with Crippen molar-refractivity contribution in [2.24, 2.45) is 0 Å². The van der Waals surface area contributed by atoms with Gasteiger partial charge in [-0.3, -0.25) is 9.69 Å². The molecule has 0 aliphatic carbocycles. The Morgan fingerprint density at radius 3 is 2.49 bits per heavy atom. The number of methoxy groups -OCH3 is 2. The number of rotatable bonds is 6. The molecule has 10 heteroatoms. The number of carbonyl (C=O) groups excluding carboxylic acids is 1. The summed E-state index contributed by atoms with van der Waals surface area (Å²) in [6, 6.07) is 5.97. The molecule has 186 valence electrons. The lowest BCUT2D eigenvalue weighted by Crippen LogP contribution is -2.51. The van der Waals surface area contributed by atoms with Crippen LogP contribution in [-0.2, 0) is 9.53 Å². The number of piperazine rings is 1. The number of anilines is 1. The summed E-state index contributed by atoms with van der Waals surface area (Å²) in [6.07, 6.45) is 0. The van der Waals surface area contributed by atoms with E-state index in [-0.39, 0.29) is 5.91 Å². The first kappa shape index (κ1) is 23.8. The van der Waals surface area contributed by atoms with E-state index in [2.05, 4.69) is 15.2 Å². The van der Waals surface area contributed by atoms with Crippen LogP contribution in [0.3, 0.4) is 0 Å². The zero-order valence-corrected chi connectivity index (χ0v) is 21.3. The van der Waals surface area contributed by atoms with Gasteiger partial charge in [0, 0.05) is 50.2 Å². The van der Waals surface area contributed by atoms with Crippen molar-refractivity contribution in [2.45, 2.75) is 6.92 Å². The standard InChI is InChI=1S/C25H31N5O4S/c1-17-26-24(30-8-6-28(7-9-30)15-22(31)29-10-12-34-13-11-29)23-19(16-35-25(23)27-17)18-4-5-20(32-2)21(14-18)33-3/h4-5,14,16H,6-13,15H2,1-3H3. The van der Waals surface area contributed by atoms with Gasteiger partial charge in [0.1, 0.15) is 16.5 Å². The molecule has 0 atom stereocenters. The van der Waals surface area contributed by atoms with Crippen molar-refractivity contribution in [2.75, 3.05) is 78.1 Å². The molecule has 2 aliphatic rings. The normalized spacial score (nSPS) is 17.1. The van der Waals surface area contributed by atoms with Crippen LogP contribution in [0.4, 0.5) is 5.82 Å². The molecule has 0 unspecified atom stereocenters. The van der Waals surface area contributed by atoms with Gasteiger partial charge < -0.3 is 24.0 Å². The number of hydrogen-bond donors (Lipinski definition) is 0. The zero-order valence-electron chi connectivity index (χ0n) is 20.5. The van der Waals surface area contributed by atoms with Crippen molar-refractivity contribution in [3.8, 4) is 22.6 Å². The summed E-state index contributed by atoms with van der Waals surface area (Å²) < 4.78 is 16.3. The lowest BCUT2D eigenvalue weighted by atomic mass is 10.0. The van der Waals surface area contributed by atoms with Crippen LogP contribution >= 0.6 is 11.3 Å². The maximum absolute atomic E-state index is 12.7. The molecule has 5 rings (SSSR count). The Hall–Kier alpha value is -2.95. The van der Waals surface area contributed by atoms with Crippen LogP contribution in [0, 0.1) is 6.92 Å². The Morgan fingerprint density at radius 2 is 1.77 bits per heavy atom. The number of nitrogens with zero attached hydrogens (tertiary/aromatic N) is 5. The molecule has 0 N–H and O–H groups in total. The third-order valence-corrected chi connectivity index (χ3v) is 7.49. The highest BCUT2D eigenvalue weighted by molar-refractivity contribution is 7.17. The minimum atomic E-state index is 0.190. The van der Waals surface area contributed by atoms with Crippen LogP contribution in [0.15, 0.2) is 23.6 Å². The van der Waals surface area contributed by atoms with E-state index in [1.165, 1.54) is 0 Å². The van der Waals surface area contributed by atoms with E-state index in [4.69, 9.17) is 24.2 Å². The van der Waals surface area contributed by atoms with E-state index in [1.54, 1.807) is 25.6 Å². The molecule has 2 aliphatic heterocycles. The van der Waals surface area contributed by atoms with Crippen LogP contribution in [0.2, 0.25) is 0 Å². The number of benzene rings is 1. The van der Waals surface area contributed by atoms with E-state index < -0.39 is 0 Å². The summed E-state index contributed by atoms with van der Waals surface area (Å²) in [5, 5.41) is 3.20. The highest BCUT2D eigenvalue weighted by Crippen LogP contribution is 2.41. The van der Waals surface area contributed by atoms with Crippen molar-refractivity contribution in [3.05, 3.63) is 29.4 Å². The lowest BCUT2D eigenvalue weighted by Gasteiger charge is -2.36. The van der Waals surface area contributed by atoms with Crippen LogP contribution in [0.5, 0.6) is 11.5 Å². The Bertz CT molecular complexity index is 1200. The number of morpholine rings is 1. The van der Waals surface area contributed by atoms with Gasteiger partial charge in [-0.1, -0.05) is 6.07 Å². The fourth-order valence-corrected chi connectivity index (χ4v) is 5.68. The number of carbonyl (C=O) groups is 1. The molecule has 0 saturated carbocycles. The Kier molecular flexibility index (Phi) is 7.03. The first-order valence-corrected chi connectivity index (χ1v) is 12.8. The molecule has 1 aromatic carbocycles. The number of aryl methyl sites for hydroxylation is 1. The average molecular weight is 498 g/mol. The Balaban J connectivity index is 1.37. The van der Waals surface area contributed by atoms with Gasteiger partial charge in [-0.2, -0.15) is 0 Å². The summed E-state index contributed by atoms with van der Waals surface area (Å²) in [5.41, 5.74) is 2.13. The molecule has 0 bridgehead atoms. The number of hydrogen-bond acceptors (Lipinski definition) is 9. The van der Waals surface area contributed by atoms with Gasteiger partial charge in [0.2, 0.25) is 5.91 Å². The first-order valence-electron chi connectivity index (χ1n) is 11.9. The molecule has 0 spiro atoms. The molecule has 2 saturated heterocycles. The smallest absolute Gasteiger partial charge is 0.236 e. The number of ether oxygens (including phenoxy) is 3. The second-order valence-electron chi connectivity index (χ2n) is 8.75. The van der Waals surface area contributed by atoms with Gasteiger partial charge >= 0.3 is 0 Å². The predicted octanol–water partition coefficient (Wildman–Crippen LogP) is 2.66. The van der Waals surface area contributed by atoms with E-state index in [0.29, 0.717) is 44.3 Å². The SMILES string of the molecule is COc1ccc(-c2csc3nc(C)nc(N4CCN(CC(=O)N5CCOCC5)CC4)c23)cc1OC. The molecule has 35 heavy (non-hydrogen) atoms. The summed E-state index contributed by atoms with van der Waals surface area (Å²) in [5.74, 6) is 3.30. The maximum atomic E-state index is 12.7. The van der Waals surface area contributed by atoms with Crippen molar-refractivity contribution < 1.29 is 19.0 Å². The Labute approximate surface area is 209 Å². The van der Waals surface area contributed by atoms with Gasteiger partial charge in [0.05, 0.1) is 39.4 Å². The van der Waals surface area contributed by atoms with Crippen molar-refractivity contribution >= 4 is 33.3 Å². The zero-order chi connectivity index (χ0) is 24.4. The van der Waals surface area contributed by atoms with Crippen LogP contribution < -0.4 is 14.4 Å². The number of fused-ring (bicyclic) bond motifs is 1. The summed E-state index contributed by atoms with van der Waals surface area (Å²) in [7, 11) is 3.29. The maximum Gasteiger partial charge on any atom is 0.236 e. The molecular weight excluding hydrogens is 466 g/mol. The molecule has 2 aromatic heterocycles. The molecule has 3 aromatic rings. The molecule has 4 heterocycles. The minimum Gasteiger partial charge on any atom is -0.493 e. The molecule has 9 nitrogen and oxygen atoms in total. The fourth-order valence-electron chi connectivity index (χ4n) is 4.69. The third-order valence-electron chi connectivity index (χ3n) is 6.62. The number of thiophene rings is 1. The van der Waals surface area contributed by atoms with Gasteiger partial charge in [-0.15, -0.1) is 11.3 Å². The summed E-state index contributed by atoms with van der Waals surface area (Å²) in [4.78, 5) is 29.7.